The van der Waals surface area contributed by atoms with E-state index in [1.165, 1.54) is 23.9 Å². The third kappa shape index (κ3) is 3.85. The maximum Gasteiger partial charge on any atom is 0.266 e. The van der Waals surface area contributed by atoms with E-state index in [4.69, 9.17) is 0 Å². The van der Waals surface area contributed by atoms with Crippen LogP contribution >= 0.6 is 11.8 Å². The molecule has 0 spiro atoms. The minimum Gasteiger partial charge on any atom is -0.342 e. The molecule has 1 aliphatic rings. The number of aliphatic imine (C=N–C) groups is 1. The Morgan fingerprint density at radius 3 is 2.59 bits per heavy atom. The number of hydrogen-bond acceptors (Lipinski definition) is 3. The molecule has 1 saturated heterocycles. The van der Waals surface area contributed by atoms with Crippen molar-refractivity contribution in [1.82, 2.24) is 9.47 Å². The smallest absolute Gasteiger partial charge is 0.266 e. The molecule has 0 bridgehead atoms. The normalized spacial score (nSPS) is 17.2. The van der Waals surface area contributed by atoms with Gasteiger partial charge in [0.1, 0.15) is 5.82 Å². The van der Waals surface area contributed by atoms with E-state index in [2.05, 4.69) is 27.9 Å². The molecule has 2 aromatic carbocycles. The molecule has 4 nitrogen and oxygen atoms in total. The maximum atomic E-state index is 13.2. The van der Waals surface area contributed by atoms with Crippen LogP contribution in [0.25, 0.3) is 17.0 Å². The van der Waals surface area contributed by atoms with Gasteiger partial charge in [-0.1, -0.05) is 30.3 Å². The van der Waals surface area contributed by atoms with E-state index in [9.17, 15) is 9.18 Å². The topological polar surface area (TPSA) is 37.6 Å². The van der Waals surface area contributed by atoms with E-state index in [-0.39, 0.29) is 11.7 Å². The van der Waals surface area contributed by atoms with E-state index in [0.717, 1.165) is 27.2 Å². The highest BCUT2D eigenvalue weighted by Crippen LogP contribution is 2.34. The van der Waals surface area contributed by atoms with Crippen LogP contribution in [-0.4, -0.2) is 33.6 Å². The summed E-state index contributed by atoms with van der Waals surface area (Å²) in [6.07, 6.45) is 4.01. The second-order valence-electron chi connectivity index (χ2n) is 6.77. The zero-order valence-electron chi connectivity index (χ0n) is 16.4. The molecule has 6 heteroatoms. The number of benzene rings is 2. The van der Waals surface area contributed by atoms with Gasteiger partial charge in [0.25, 0.3) is 5.91 Å². The second kappa shape index (κ2) is 8.25. The van der Waals surface area contributed by atoms with Crippen molar-refractivity contribution in [1.29, 1.82) is 0 Å². The Kier molecular flexibility index (Phi) is 5.53. The van der Waals surface area contributed by atoms with Gasteiger partial charge in [-0.15, -0.1) is 0 Å². The number of nitrogens with zero attached hydrogens (tertiary/aromatic N) is 3. The number of thioether (sulfide) groups is 1. The zero-order valence-corrected chi connectivity index (χ0v) is 17.2. The van der Waals surface area contributed by atoms with Crippen molar-refractivity contribution in [2.45, 2.75) is 20.4 Å². The Balaban J connectivity index is 1.73. The minimum absolute atomic E-state index is 0.0000608. The number of halogens is 1. The first kappa shape index (κ1) is 19.5. The van der Waals surface area contributed by atoms with E-state index >= 15 is 0 Å². The summed E-state index contributed by atoms with van der Waals surface area (Å²) >= 11 is 1.43. The van der Waals surface area contributed by atoms with E-state index < -0.39 is 0 Å². The van der Waals surface area contributed by atoms with Gasteiger partial charge in [0.05, 0.1) is 4.91 Å². The van der Waals surface area contributed by atoms with Crippen molar-refractivity contribution >= 4 is 39.8 Å². The molecule has 1 amide bonds. The molecule has 3 aromatic rings. The molecule has 0 atom stereocenters. The molecule has 1 aromatic heterocycles. The van der Waals surface area contributed by atoms with Crippen LogP contribution in [0.15, 0.2) is 64.6 Å². The van der Waals surface area contributed by atoms with Crippen LogP contribution < -0.4 is 0 Å². The fourth-order valence-electron chi connectivity index (χ4n) is 3.49. The fraction of sp³-hybridized carbons (Fsp3) is 0.217. The number of aromatic nitrogens is 1. The van der Waals surface area contributed by atoms with Crippen LogP contribution in [0.4, 0.5) is 4.39 Å². The van der Waals surface area contributed by atoms with Gasteiger partial charge in [-0.3, -0.25) is 14.7 Å². The molecule has 0 unspecified atom stereocenters. The summed E-state index contributed by atoms with van der Waals surface area (Å²) in [5.74, 6) is -0.238. The van der Waals surface area contributed by atoms with Crippen LogP contribution in [0.1, 0.15) is 25.0 Å². The minimum atomic E-state index is -0.238. The van der Waals surface area contributed by atoms with Crippen LogP contribution in [0.5, 0.6) is 0 Å². The van der Waals surface area contributed by atoms with E-state index in [0.29, 0.717) is 24.5 Å². The van der Waals surface area contributed by atoms with Crippen molar-refractivity contribution < 1.29 is 9.18 Å². The first-order valence-electron chi connectivity index (χ1n) is 9.69. The van der Waals surface area contributed by atoms with Gasteiger partial charge in [0.15, 0.2) is 5.17 Å². The number of amides is 1. The first-order valence-corrected chi connectivity index (χ1v) is 10.5. The summed E-state index contributed by atoms with van der Waals surface area (Å²) in [4.78, 5) is 19.7. The van der Waals surface area contributed by atoms with Gasteiger partial charge in [-0.05, 0) is 55.4 Å². The number of para-hydroxylation sites is 1. The number of fused-ring (bicyclic) bond motifs is 1. The van der Waals surface area contributed by atoms with E-state index in [1.54, 1.807) is 17.0 Å². The molecular weight excluding hydrogens is 385 g/mol. The van der Waals surface area contributed by atoms with Gasteiger partial charge >= 0.3 is 0 Å². The summed E-state index contributed by atoms with van der Waals surface area (Å²) in [5.41, 5.74) is 3.09. The standard InChI is InChI=1S/C23H22FN3OS/c1-3-25-23-27(4-2)22(28)21(29-23)13-17-15-26(20-8-6-5-7-19(17)20)14-16-9-11-18(24)12-10-16/h5-13,15H,3-4,14H2,1-2H3/b21-13+,25-23?. The van der Waals surface area contributed by atoms with Crippen LogP contribution in [0.2, 0.25) is 0 Å². The molecule has 2 heterocycles. The lowest BCUT2D eigenvalue weighted by molar-refractivity contribution is -0.122. The van der Waals surface area contributed by atoms with Crippen LogP contribution in [-0.2, 0) is 11.3 Å². The Hall–Kier alpha value is -2.86. The lowest BCUT2D eigenvalue weighted by atomic mass is 10.1. The number of carbonyl (C=O) groups is 1. The van der Waals surface area contributed by atoms with Crippen molar-refractivity contribution in [3.63, 3.8) is 0 Å². The van der Waals surface area contributed by atoms with Gasteiger partial charge in [0, 0.05) is 42.3 Å². The molecule has 29 heavy (non-hydrogen) atoms. The van der Waals surface area contributed by atoms with Gasteiger partial charge in [-0.25, -0.2) is 4.39 Å². The highest BCUT2D eigenvalue weighted by molar-refractivity contribution is 8.18. The average Bonchev–Trinajstić information content (AvgIpc) is 3.22. The fourth-order valence-corrected chi connectivity index (χ4v) is 4.58. The van der Waals surface area contributed by atoms with E-state index in [1.807, 2.05) is 32.1 Å². The maximum absolute atomic E-state index is 13.2. The Morgan fingerprint density at radius 1 is 1.10 bits per heavy atom. The van der Waals surface area contributed by atoms with Crippen molar-refractivity contribution in [3.05, 3.63) is 76.6 Å². The first-order chi connectivity index (χ1) is 14.1. The third-order valence-corrected chi connectivity index (χ3v) is 5.91. The second-order valence-corrected chi connectivity index (χ2v) is 7.78. The van der Waals surface area contributed by atoms with Crippen LogP contribution in [0, 0.1) is 5.82 Å². The molecule has 0 aliphatic carbocycles. The summed E-state index contributed by atoms with van der Waals surface area (Å²) in [6.45, 7) is 5.82. The van der Waals surface area contributed by atoms with Crippen molar-refractivity contribution in [2.75, 3.05) is 13.1 Å². The monoisotopic (exact) mass is 407 g/mol. The lowest BCUT2D eigenvalue weighted by Gasteiger charge is -2.11. The van der Waals surface area contributed by atoms with Gasteiger partial charge in [0.2, 0.25) is 0 Å². The summed E-state index contributed by atoms with van der Waals surface area (Å²) in [7, 11) is 0. The average molecular weight is 408 g/mol. The molecule has 148 valence electrons. The number of hydrogen-bond donors (Lipinski definition) is 0. The summed E-state index contributed by atoms with van der Waals surface area (Å²) in [5, 5.41) is 1.85. The Morgan fingerprint density at radius 2 is 1.86 bits per heavy atom. The quantitative estimate of drug-likeness (QED) is 0.549. The number of likely N-dealkylation sites (N-methyl/N-ethyl adjacent to an activating group) is 1. The predicted molar refractivity (Wildman–Crippen MR) is 118 cm³/mol. The Labute approximate surface area is 173 Å². The largest absolute Gasteiger partial charge is 0.342 e. The van der Waals surface area contributed by atoms with Crippen molar-refractivity contribution in [2.24, 2.45) is 4.99 Å². The van der Waals surface area contributed by atoms with Gasteiger partial charge in [-0.2, -0.15) is 0 Å². The molecule has 0 N–H and O–H groups in total. The molecule has 1 aliphatic heterocycles. The number of rotatable bonds is 5. The van der Waals surface area contributed by atoms with Crippen molar-refractivity contribution in [3.8, 4) is 0 Å². The molecule has 0 radical (unpaired) electrons. The highest BCUT2D eigenvalue weighted by atomic mass is 32.2. The number of amidine groups is 1. The summed E-state index contributed by atoms with van der Waals surface area (Å²) in [6, 6.07) is 14.7. The lowest BCUT2D eigenvalue weighted by Crippen LogP contribution is -2.28. The summed E-state index contributed by atoms with van der Waals surface area (Å²) < 4.78 is 15.4. The molecule has 0 saturated carbocycles. The SMILES string of the molecule is CCN=C1S/C(=C/c2cn(Cc3ccc(F)cc3)c3ccccc23)C(=O)N1CC. The van der Waals surface area contributed by atoms with Gasteiger partial charge < -0.3 is 4.57 Å². The zero-order chi connectivity index (χ0) is 20.4. The molecule has 4 rings (SSSR count). The molecule has 1 fully saturated rings. The third-order valence-electron chi connectivity index (χ3n) is 4.87. The predicted octanol–water partition coefficient (Wildman–Crippen LogP) is 5.14. The van der Waals surface area contributed by atoms with Crippen LogP contribution in [0.3, 0.4) is 0 Å². The highest BCUT2D eigenvalue weighted by Gasteiger charge is 2.32. The number of carbonyl (C=O) groups excluding carboxylic acids is 1. The Bertz CT molecular complexity index is 1110. The molecular formula is C23H22FN3OS.